The molecule has 0 aliphatic rings. The zero-order valence-corrected chi connectivity index (χ0v) is 21.0. The summed E-state index contributed by atoms with van der Waals surface area (Å²) in [6.45, 7) is 5.10. The predicted octanol–water partition coefficient (Wildman–Crippen LogP) is 5.10. The molecule has 0 fully saturated rings. The van der Waals surface area contributed by atoms with Gasteiger partial charge in [0.1, 0.15) is 11.8 Å². The average molecular weight is 473 g/mol. The Morgan fingerprint density at radius 1 is 0.914 bits per heavy atom. The smallest absolute Gasteiger partial charge is 0.243 e. The number of rotatable bonds is 12. The number of hydrogen-bond donors (Lipinski definition) is 1. The van der Waals surface area contributed by atoms with Crippen LogP contribution in [0.2, 0.25) is 0 Å². The minimum absolute atomic E-state index is 0.0803. The highest BCUT2D eigenvalue weighted by atomic mass is 16.5. The fourth-order valence-corrected chi connectivity index (χ4v) is 4.09. The molecule has 35 heavy (non-hydrogen) atoms. The summed E-state index contributed by atoms with van der Waals surface area (Å²) in [5.74, 6) is 0.552. The number of carbonyl (C=O) groups excluding carboxylic acids is 2. The van der Waals surface area contributed by atoms with Crippen LogP contribution < -0.4 is 10.1 Å². The topological polar surface area (TPSA) is 58.6 Å². The van der Waals surface area contributed by atoms with Gasteiger partial charge in [-0.1, -0.05) is 85.6 Å². The third kappa shape index (κ3) is 7.99. The van der Waals surface area contributed by atoms with Gasteiger partial charge in [-0.05, 0) is 42.2 Å². The SMILES string of the molecule is CCCCNC(=O)[C@H](Cc1ccccc1)N(Cc1cccc(C)c1)C(=O)Cc1ccc(OC)cc1. The van der Waals surface area contributed by atoms with E-state index < -0.39 is 6.04 Å². The first-order valence-corrected chi connectivity index (χ1v) is 12.3. The van der Waals surface area contributed by atoms with Gasteiger partial charge in [-0.25, -0.2) is 0 Å². The van der Waals surface area contributed by atoms with Crippen molar-refractivity contribution in [3.63, 3.8) is 0 Å². The molecule has 0 heterocycles. The Balaban J connectivity index is 1.92. The zero-order chi connectivity index (χ0) is 25.0. The van der Waals surface area contributed by atoms with E-state index in [2.05, 4.69) is 18.3 Å². The maximum Gasteiger partial charge on any atom is 0.243 e. The van der Waals surface area contributed by atoms with Gasteiger partial charge in [-0.15, -0.1) is 0 Å². The molecule has 0 saturated carbocycles. The van der Waals surface area contributed by atoms with E-state index in [0.717, 1.165) is 40.8 Å². The highest BCUT2D eigenvalue weighted by Gasteiger charge is 2.30. The number of nitrogens with zero attached hydrogens (tertiary/aromatic N) is 1. The summed E-state index contributed by atoms with van der Waals surface area (Å²) in [6.07, 6.45) is 2.57. The number of aryl methyl sites for hydroxylation is 1. The van der Waals surface area contributed by atoms with E-state index >= 15 is 0 Å². The van der Waals surface area contributed by atoms with Crippen LogP contribution in [0, 0.1) is 6.92 Å². The first-order chi connectivity index (χ1) is 17.0. The molecule has 0 aromatic heterocycles. The zero-order valence-electron chi connectivity index (χ0n) is 21.0. The standard InChI is InChI=1S/C30H36N2O3/c1-4-5-18-31-30(34)28(20-24-11-7-6-8-12-24)32(22-26-13-9-10-23(2)19-26)29(33)21-25-14-16-27(35-3)17-15-25/h6-17,19,28H,4-5,18,20-22H2,1-3H3,(H,31,34)/t28-/m0/s1. The summed E-state index contributed by atoms with van der Waals surface area (Å²) in [5, 5.41) is 3.07. The summed E-state index contributed by atoms with van der Waals surface area (Å²) >= 11 is 0. The summed E-state index contributed by atoms with van der Waals surface area (Å²) in [5.41, 5.74) is 4.04. The molecule has 3 aromatic carbocycles. The summed E-state index contributed by atoms with van der Waals surface area (Å²) in [7, 11) is 1.62. The lowest BCUT2D eigenvalue weighted by Crippen LogP contribution is -2.51. The van der Waals surface area contributed by atoms with Crippen LogP contribution in [0.4, 0.5) is 0 Å². The third-order valence-corrected chi connectivity index (χ3v) is 6.05. The Morgan fingerprint density at radius 3 is 2.29 bits per heavy atom. The molecule has 0 saturated heterocycles. The van der Waals surface area contributed by atoms with Gasteiger partial charge >= 0.3 is 0 Å². The lowest BCUT2D eigenvalue weighted by Gasteiger charge is -2.32. The highest BCUT2D eigenvalue weighted by Crippen LogP contribution is 2.18. The molecule has 0 spiro atoms. The van der Waals surface area contributed by atoms with Crippen molar-refractivity contribution in [1.29, 1.82) is 0 Å². The molecule has 5 nitrogen and oxygen atoms in total. The molecule has 0 radical (unpaired) electrons. The van der Waals surface area contributed by atoms with Crippen molar-refractivity contribution in [1.82, 2.24) is 10.2 Å². The molecule has 0 unspecified atom stereocenters. The molecule has 3 rings (SSSR count). The Morgan fingerprint density at radius 2 is 1.63 bits per heavy atom. The van der Waals surface area contributed by atoms with Crippen LogP contribution in [0.5, 0.6) is 5.75 Å². The minimum Gasteiger partial charge on any atom is -0.497 e. The van der Waals surface area contributed by atoms with Gasteiger partial charge in [-0.2, -0.15) is 0 Å². The fourth-order valence-electron chi connectivity index (χ4n) is 4.09. The van der Waals surface area contributed by atoms with Gasteiger partial charge in [0.2, 0.25) is 11.8 Å². The molecule has 184 valence electrons. The van der Waals surface area contributed by atoms with E-state index in [1.54, 1.807) is 12.0 Å². The molecule has 1 atom stereocenters. The highest BCUT2D eigenvalue weighted by molar-refractivity contribution is 5.88. The Kier molecular flexibility index (Phi) is 9.91. The number of hydrogen-bond acceptors (Lipinski definition) is 3. The molecule has 5 heteroatoms. The Hall–Kier alpha value is -3.60. The van der Waals surface area contributed by atoms with Crippen LogP contribution in [0.15, 0.2) is 78.9 Å². The van der Waals surface area contributed by atoms with Gasteiger partial charge in [0.15, 0.2) is 0 Å². The number of carbonyl (C=O) groups is 2. The Bertz CT molecular complexity index is 1080. The summed E-state index contributed by atoms with van der Waals surface area (Å²) in [4.78, 5) is 28.9. The van der Waals surface area contributed by atoms with Crippen molar-refractivity contribution in [2.75, 3.05) is 13.7 Å². The normalized spacial score (nSPS) is 11.5. The summed E-state index contributed by atoms with van der Waals surface area (Å²) < 4.78 is 5.25. The second-order valence-electron chi connectivity index (χ2n) is 8.89. The molecule has 0 aliphatic carbocycles. The van der Waals surface area contributed by atoms with Gasteiger partial charge in [0.25, 0.3) is 0 Å². The van der Waals surface area contributed by atoms with Gasteiger partial charge in [0, 0.05) is 19.5 Å². The second-order valence-corrected chi connectivity index (χ2v) is 8.89. The second kappa shape index (κ2) is 13.3. The van der Waals surface area contributed by atoms with Crippen LogP contribution in [0.1, 0.15) is 42.0 Å². The lowest BCUT2D eigenvalue weighted by atomic mass is 10.0. The lowest BCUT2D eigenvalue weighted by molar-refractivity contribution is -0.140. The van der Waals surface area contributed by atoms with Crippen LogP contribution in [-0.2, 0) is 29.0 Å². The van der Waals surface area contributed by atoms with E-state index in [9.17, 15) is 9.59 Å². The predicted molar refractivity (Wildman–Crippen MR) is 140 cm³/mol. The average Bonchev–Trinajstić information content (AvgIpc) is 2.87. The van der Waals surface area contributed by atoms with Gasteiger partial charge in [0.05, 0.1) is 13.5 Å². The van der Waals surface area contributed by atoms with Crippen molar-refractivity contribution >= 4 is 11.8 Å². The third-order valence-electron chi connectivity index (χ3n) is 6.05. The van der Waals surface area contributed by atoms with Gasteiger partial charge in [-0.3, -0.25) is 9.59 Å². The molecule has 0 aliphatic heterocycles. The summed E-state index contributed by atoms with van der Waals surface area (Å²) in [6, 6.07) is 24.9. The van der Waals surface area contributed by atoms with E-state index in [1.165, 1.54) is 0 Å². The van der Waals surface area contributed by atoms with Crippen LogP contribution in [0.25, 0.3) is 0 Å². The number of unbranched alkanes of at least 4 members (excludes halogenated alkanes) is 1. The Labute approximate surface area is 209 Å². The molecule has 0 bridgehead atoms. The van der Waals surface area contributed by atoms with Crippen molar-refractivity contribution in [2.24, 2.45) is 0 Å². The maximum atomic E-state index is 13.7. The minimum atomic E-state index is -0.611. The largest absolute Gasteiger partial charge is 0.497 e. The first kappa shape index (κ1) is 26.0. The number of ether oxygens (including phenoxy) is 1. The van der Waals surface area contributed by atoms with E-state index in [1.807, 2.05) is 79.7 Å². The van der Waals surface area contributed by atoms with Crippen LogP contribution in [-0.4, -0.2) is 36.4 Å². The molecular formula is C30H36N2O3. The van der Waals surface area contributed by atoms with Crippen molar-refractivity contribution in [2.45, 2.75) is 52.1 Å². The van der Waals surface area contributed by atoms with Crippen LogP contribution in [0.3, 0.4) is 0 Å². The van der Waals surface area contributed by atoms with E-state index in [0.29, 0.717) is 19.5 Å². The number of benzene rings is 3. The number of amides is 2. The number of methoxy groups -OCH3 is 1. The van der Waals surface area contributed by atoms with Crippen molar-refractivity contribution < 1.29 is 14.3 Å². The quantitative estimate of drug-likeness (QED) is 0.373. The molecular weight excluding hydrogens is 436 g/mol. The monoisotopic (exact) mass is 472 g/mol. The fraction of sp³-hybridized carbons (Fsp3) is 0.333. The maximum absolute atomic E-state index is 13.7. The van der Waals surface area contributed by atoms with Gasteiger partial charge < -0.3 is 15.0 Å². The van der Waals surface area contributed by atoms with E-state index in [4.69, 9.17) is 4.74 Å². The molecule has 2 amide bonds. The van der Waals surface area contributed by atoms with Crippen LogP contribution >= 0.6 is 0 Å². The molecule has 1 N–H and O–H groups in total. The van der Waals surface area contributed by atoms with E-state index in [-0.39, 0.29) is 18.2 Å². The molecule has 3 aromatic rings. The van der Waals surface area contributed by atoms with Crippen molar-refractivity contribution in [3.8, 4) is 5.75 Å². The number of nitrogens with one attached hydrogen (secondary N) is 1. The first-order valence-electron chi connectivity index (χ1n) is 12.3. The van der Waals surface area contributed by atoms with Crippen molar-refractivity contribution in [3.05, 3.63) is 101 Å².